The molecule has 1 aliphatic rings. The van der Waals surface area contributed by atoms with E-state index in [1.807, 2.05) is 0 Å². The number of rotatable bonds is 15. The Kier molecular flexibility index (Phi) is 12.3. The fourth-order valence-electron chi connectivity index (χ4n) is 5.21. The van der Waals surface area contributed by atoms with E-state index in [4.69, 9.17) is 20.2 Å². The molecule has 1 aliphatic heterocycles. The van der Waals surface area contributed by atoms with E-state index in [1.54, 1.807) is 24.8 Å². The number of hydrogen-bond donors (Lipinski definition) is 5. The number of aliphatic hydroxyl groups excluding tert-OH is 1. The molecule has 248 valence electrons. The lowest BCUT2D eigenvalue weighted by molar-refractivity contribution is -0.165. The van der Waals surface area contributed by atoms with Gasteiger partial charge in [-0.05, 0) is 71.1 Å². The van der Waals surface area contributed by atoms with Crippen LogP contribution in [0.15, 0.2) is 12.1 Å². The Morgan fingerprint density at radius 2 is 1.78 bits per heavy atom. The number of aliphatic hydroxyl groups is 1. The van der Waals surface area contributed by atoms with Crippen molar-refractivity contribution in [1.29, 1.82) is 0 Å². The van der Waals surface area contributed by atoms with Crippen LogP contribution in [0.5, 0.6) is 0 Å². The van der Waals surface area contributed by atoms with E-state index < -0.39 is 41.6 Å². The van der Waals surface area contributed by atoms with Crippen molar-refractivity contribution >= 4 is 34.5 Å². The summed E-state index contributed by atoms with van der Waals surface area (Å²) in [5.74, 6) is -2.09. The number of carbonyl (C=O) groups is 4. The summed E-state index contributed by atoms with van der Waals surface area (Å²) < 4.78 is 25.9. The Hall–Kier alpha value is -3.72. The summed E-state index contributed by atoms with van der Waals surface area (Å²) in [6, 6.07) is 0.697. The number of methoxy groups -OCH3 is 1. The zero-order valence-corrected chi connectivity index (χ0v) is 26.8. The molecule has 3 rings (SSSR count). The van der Waals surface area contributed by atoms with Gasteiger partial charge in [-0.2, -0.15) is 0 Å². The molecule has 1 aromatic heterocycles. The molecule has 0 bridgehead atoms. The summed E-state index contributed by atoms with van der Waals surface area (Å²) in [6.45, 7) is 8.20. The zero-order chi connectivity index (χ0) is 33.5. The molecule has 0 saturated carbocycles. The number of aryl methyl sites for hydroxylation is 2. The number of ether oxygens (including phenoxy) is 2. The molecule has 45 heavy (non-hydrogen) atoms. The SMILES string of the molecule is COC1(C)c2nc3cc(F)c(C)cc3c(CCCCOCNC(=O)[C@H](C)NC(=O)[C@H](C)NC(=O)[C@H](C)N)c2CN1C(=O)CCO. The van der Waals surface area contributed by atoms with Crippen molar-refractivity contribution in [3.63, 3.8) is 0 Å². The number of nitrogens with two attached hydrogens (primary N) is 1. The van der Waals surface area contributed by atoms with Gasteiger partial charge in [-0.1, -0.05) is 0 Å². The normalized spacial score (nSPS) is 17.8. The maximum absolute atomic E-state index is 14.6. The number of amides is 4. The maximum atomic E-state index is 14.6. The second kappa shape index (κ2) is 15.5. The molecular formula is C31H45FN6O7. The lowest BCUT2D eigenvalue weighted by atomic mass is 9.94. The first-order chi connectivity index (χ1) is 21.2. The second-order valence-corrected chi connectivity index (χ2v) is 11.5. The van der Waals surface area contributed by atoms with Crippen LogP contribution >= 0.6 is 0 Å². The van der Waals surface area contributed by atoms with Crippen molar-refractivity contribution in [3.05, 3.63) is 40.3 Å². The molecule has 14 heteroatoms. The molecule has 13 nitrogen and oxygen atoms in total. The van der Waals surface area contributed by atoms with Gasteiger partial charge in [0.1, 0.15) is 24.6 Å². The van der Waals surface area contributed by atoms with Crippen LogP contribution in [0, 0.1) is 12.7 Å². The first-order valence-corrected chi connectivity index (χ1v) is 15.0. The molecule has 0 radical (unpaired) electrons. The minimum atomic E-state index is -1.17. The van der Waals surface area contributed by atoms with Gasteiger partial charge in [0.05, 0.1) is 36.8 Å². The maximum Gasteiger partial charge on any atom is 0.244 e. The Morgan fingerprint density at radius 3 is 2.42 bits per heavy atom. The number of unbranched alkanes of at least 4 members (excludes halogenated alkanes) is 1. The number of aromatic nitrogens is 1. The van der Waals surface area contributed by atoms with Gasteiger partial charge in [-0.15, -0.1) is 0 Å². The van der Waals surface area contributed by atoms with E-state index in [0.29, 0.717) is 42.6 Å². The third-order valence-electron chi connectivity index (χ3n) is 8.01. The van der Waals surface area contributed by atoms with E-state index in [9.17, 15) is 28.7 Å². The fourth-order valence-corrected chi connectivity index (χ4v) is 5.21. The average molecular weight is 633 g/mol. The molecule has 0 spiro atoms. The number of halogens is 1. The van der Waals surface area contributed by atoms with Gasteiger partial charge in [0.2, 0.25) is 23.6 Å². The Balaban J connectivity index is 1.59. The van der Waals surface area contributed by atoms with Crippen molar-refractivity contribution in [2.24, 2.45) is 5.73 Å². The van der Waals surface area contributed by atoms with E-state index in [2.05, 4.69) is 16.0 Å². The molecule has 0 fully saturated rings. The second-order valence-electron chi connectivity index (χ2n) is 11.5. The minimum absolute atomic E-state index is 0.0555. The smallest absolute Gasteiger partial charge is 0.244 e. The minimum Gasteiger partial charge on any atom is -0.396 e. The Bertz CT molecular complexity index is 1420. The highest BCUT2D eigenvalue weighted by Crippen LogP contribution is 2.43. The van der Waals surface area contributed by atoms with Gasteiger partial charge in [-0.25, -0.2) is 9.37 Å². The molecule has 2 heterocycles. The predicted molar refractivity (Wildman–Crippen MR) is 164 cm³/mol. The molecule has 6 N–H and O–H groups in total. The van der Waals surface area contributed by atoms with E-state index >= 15 is 0 Å². The highest BCUT2D eigenvalue weighted by atomic mass is 19.1. The molecule has 2 aromatic rings. The Labute approximate surface area is 262 Å². The average Bonchev–Trinajstić information content (AvgIpc) is 3.29. The molecule has 0 saturated heterocycles. The van der Waals surface area contributed by atoms with Crippen LogP contribution in [-0.2, 0) is 47.3 Å². The number of nitrogens with zero attached hydrogens (tertiary/aromatic N) is 2. The third kappa shape index (κ3) is 8.31. The number of benzene rings is 1. The van der Waals surface area contributed by atoms with Crippen LogP contribution in [0.3, 0.4) is 0 Å². The van der Waals surface area contributed by atoms with Gasteiger partial charge >= 0.3 is 0 Å². The Morgan fingerprint density at radius 1 is 1.11 bits per heavy atom. The number of carbonyl (C=O) groups excluding carboxylic acids is 4. The lowest BCUT2D eigenvalue weighted by Crippen LogP contribution is -2.53. The highest BCUT2D eigenvalue weighted by Gasteiger charge is 2.47. The monoisotopic (exact) mass is 632 g/mol. The van der Waals surface area contributed by atoms with Gasteiger partial charge in [0, 0.05) is 30.7 Å². The van der Waals surface area contributed by atoms with Crippen molar-refractivity contribution in [3.8, 4) is 0 Å². The molecule has 4 amide bonds. The van der Waals surface area contributed by atoms with E-state index in [1.165, 1.54) is 33.9 Å². The van der Waals surface area contributed by atoms with Crippen molar-refractivity contribution in [2.75, 3.05) is 27.1 Å². The summed E-state index contributed by atoms with van der Waals surface area (Å²) in [4.78, 5) is 55.5. The van der Waals surface area contributed by atoms with Crippen molar-refractivity contribution in [1.82, 2.24) is 25.8 Å². The highest BCUT2D eigenvalue weighted by molar-refractivity contribution is 5.92. The van der Waals surface area contributed by atoms with Crippen molar-refractivity contribution in [2.45, 2.75) is 90.7 Å². The van der Waals surface area contributed by atoms with Crippen LogP contribution in [0.2, 0.25) is 0 Å². The first-order valence-electron chi connectivity index (χ1n) is 15.0. The van der Waals surface area contributed by atoms with Gasteiger partial charge < -0.3 is 41.2 Å². The summed E-state index contributed by atoms with van der Waals surface area (Å²) in [6.07, 6.45) is 1.89. The molecule has 4 atom stereocenters. The molecule has 1 aromatic carbocycles. The van der Waals surface area contributed by atoms with E-state index in [0.717, 1.165) is 16.5 Å². The number of pyridine rings is 1. The topological polar surface area (TPSA) is 185 Å². The quantitative estimate of drug-likeness (QED) is 0.141. The standard InChI is InChI=1S/C31H45FN6O7/c1-17-13-22-21(23-15-38(26(40)10-11-39)31(5,44-6)27(23)37-25(22)14-24(17)32)9-7-8-12-45-16-34-29(42)19(3)36-30(43)20(4)35-28(41)18(2)33/h13-14,18-20,39H,7-12,15-16,33H2,1-6H3,(H,34,42)(H,35,41)(H,36,43)/t18-,19-,20-,31?/m0/s1. The third-order valence-corrected chi connectivity index (χ3v) is 8.01. The summed E-state index contributed by atoms with van der Waals surface area (Å²) in [5, 5.41) is 17.8. The number of hydrogen-bond acceptors (Lipinski definition) is 9. The van der Waals surface area contributed by atoms with Gasteiger partial charge in [-0.3, -0.25) is 19.2 Å². The van der Waals surface area contributed by atoms with Crippen LogP contribution in [0.4, 0.5) is 4.39 Å². The van der Waals surface area contributed by atoms with Gasteiger partial charge in [0.25, 0.3) is 0 Å². The van der Waals surface area contributed by atoms with Crippen molar-refractivity contribution < 1.29 is 38.1 Å². The molecule has 1 unspecified atom stereocenters. The van der Waals surface area contributed by atoms with E-state index in [-0.39, 0.29) is 38.0 Å². The lowest BCUT2D eigenvalue weighted by Gasteiger charge is -2.33. The molecule has 0 aliphatic carbocycles. The number of nitrogens with one attached hydrogen (secondary N) is 3. The summed E-state index contributed by atoms with van der Waals surface area (Å²) in [5.41, 5.74) is 7.63. The van der Waals surface area contributed by atoms with Crippen LogP contribution in [0.1, 0.15) is 69.3 Å². The summed E-state index contributed by atoms with van der Waals surface area (Å²) in [7, 11) is 1.49. The van der Waals surface area contributed by atoms with Gasteiger partial charge in [0.15, 0.2) is 5.72 Å². The van der Waals surface area contributed by atoms with Crippen LogP contribution in [-0.4, -0.2) is 83.8 Å². The number of fused-ring (bicyclic) bond motifs is 2. The molecular weight excluding hydrogens is 587 g/mol. The summed E-state index contributed by atoms with van der Waals surface area (Å²) >= 11 is 0. The van der Waals surface area contributed by atoms with Crippen LogP contribution in [0.25, 0.3) is 10.9 Å². The largest absolute Gasteiger partial charge is 0.396 e. The van der Waals surface area contributed by atoms with Crippen LogP contribution < -0.4 is 21.7 Å². The fraction of sp³-hybridized carbons (Fsp3) is 0.581. The first kappa shape index (κ1) is 35.8. The predicted octanol–water partition coefficient (Wildman–Crippen LogP) is 0.996. The zero-order valence-electron chi connectivity index (χ0n) is 26.8.